The van der Waals surface area contributed by atoms with Crippen molar-refractivity contribution in [2.24, 2.45) is 7.05 Å². The standard InChI is InChI=1S/C33H28N2/c1-3-24-13-15-25(16-14-24)26-17-19-28(20-18-26)35(27-9-5-4-6-10-27)29-21-22-31-30-11-7-8-12-32(30)34(2)33(31)23-29/h4-23H,3H2,1-2H3. The largest absolute Gasteiger partial charge is 0.344 e. The van der Waals surface area contributed by atoms with Gasteiger partial charge in [-0.15, -0.1) is 0 Å². The molecule has 0 radical (unpaired) electrons. The van der Waals surface area contributed by atoms with Gasteiger partial charge >= 0.3 is 0 Å². The van der Waals surface area contributed by atoms with E-state index in [1.54, 1.807) is 0 Å². The first-order chi connectivity index (χ1) is 17.2. The van der Waals surface area contributed by atoms with Crippen LogP contribution in [0.1, 0.15) is 12.5 Å². The highest BCUT2D eigenvalue weighted by Gasteiger charge is 2.15. The van der Waals surface area contributed by atoms with Gasteiger partial charge in [-0.25, -0.2) is 0 Å². The lowest BCUT2D eigenvalue weighted by Crippen LogP contribution is -2.09. The predicted molar refractivity (Wildman–Crippen MR) is 150 cm³/mol. The summed E-state index contributed by atoms with van der Waals surface area (Å²) in [5.41, 5.74) is 9.76. The molecule has 0 saturated heterocycles. The van der Waals surface area contributed by atoms with Crippen LogP contribution in [0.2, 0.25) is 0 Å². The van der Waals surface area contributed by atoms with Crippen LogP contribution in [0.15, 0.2) is 121 Å². The van der Waals surface area contributed by atoms with Crippen LogP contribution in [0.5, 0.6) is 0 Å². The second-order valence-electron chi connectivity index (χ2n) is 9.05. The van der Waals surface area contributed by atoms with Crippen LogP contribution >= 0.6 is 0 Å². The van der Waals surface area contributed by atoms with E-state index in [0.29, 0.717) is 0 Å². The second-order valence-corrected chi connectivity index (χ2v) is 9.05. The summed E-state index contributed by atoms with van der Waals surface area (Å²) >= 11 is 0. The molecule has 0 aliphatic rings. The monoisotopic (exact) mass is 452 g/mol. The molecule has 0 bridgehead atoms. The van der Waals surface area contributed by atoms with Crippen LogP contribution in [-0.4, -0.2) is 4.57 Å². The molecule has 0 unspecified atom stereocenters. The van der Waals surface area contributed by atoms with Crippen molar-refractivity contribution in [2.45, 2.75) is 13.3 Å². The molecule has 2 heteroatoms. The Kier molecular flexibility index (Phi) is 5.35. The first-order valence-corrected chi connectivity index (χ1v) is 12.2. The Hall–Kier alpha value is -4.30. The normalized spacial score (nSPS) is 11.3. The van der Waals surface area contributed by atoms with E-state index < -0.39 is 0 Å². The Balaban J connectivity index is 1.46. The Labute approximate surface area is 206 Å². The summed E-state index contributed by atoms with van der Waals surface area (Å²) in [6.45, 7) is 2.19. The van der Waals surface area contributed by atoms with Crippen molar-refractivity contribution < 1.29 is 0 Å². The van der Waals surface area contributed by atoms with Crippen molar-refractivity contribution in [1.29, 1.82) is 0 Å². The lowest BCUT2D eigenvalue weighted by Gasteiger charge is -2.26. The van der Waals surface area contributed by atoms with E-state index >= 15 is 0 Å². The highest BCUT2D eigenvalue weighted by molar-refractivity contribution is 6.09. The molecule has 1 aromatic heterocycles. The van der Waals surface area contributed by atoms with E-state index in [1.807, 2.05) is 0 Å². The summed E-state index contributed by atoms with van der Waals surface area (Å²) in [5.74, 6) is 0. The molecule has 0 aliphatic carbocycles. The number of para-hydroxylation sites is 2. The van der Waals surface area contributed by atoms with Gasteiger partial charge in [-0.1, -0.05) is 85.8 Å². The number of hydrogen-bond donors (Lipinski definition) is 0. The van der Waals surface area contributed by atoms with Gasteiger partial charge in [-0.3, -0.25) is 0 Å². The molecular formula is C33H28N2. The zero-order chi connectivity index (χ0) is 23.8. The third kappa shape index (κ3) is 3.77. The van der Waals surface area contributed by atoms with Gasteiger partial charge in [-0.05, 0) is 65.6 Å². The number of anilines is 3. The smallest absolute Gasteiger partial charge is 0.0509 e. The summed E-state index contributed by atoms with van der Waals surface area (Å²) in [6, 6.07) is 43.8. The lowest BCUT2D eigenvalue weighted by molar-refractivity contribution is 1.01. The van der Waals surface area contributed by atoms with Crippen LogP contribution in [0.25, 0.3) is 32.9 Å². The number of fused-ring (bicyclic) bond motifs is 3. The maximum atomic E-state index is 2.33. The Morgan fingerprint density at radius 2 is 1.11 bits per heavy atom. The van der Waals surface area contributed by atoms with Crippen molar-refractivity contribution >= 4 is 38.9 Å². The van der Waals surface area contributed by atoms with Crippen LogP contribution in [0, 0.1) is 0 Å². The van der Waals surface area contributed by atoms with Gasteiger partial charge in [0.1, 0.15) is 0 Å². The summed E-state index contributed by atoms with van der Waals surface area (Å²) < 4.78 is 2.29. The average molecular weight is 453 g/mol. The van der Waals surface area contributed by atoms with E-state index in [0.717, 1.165) is 23.5 Å². The molecule has 35 heavy (non-hydrogen) atoms. The molecule has 170 valence electrons. The average Bonchev–Trinajstić information content (AvgIpc) is 3.21. The third-order valence-corrected chi connectivity index (χ3v) is 6.99. The summed E-state index contributed by atoms with van der Waals surface area (Å²) in [5, 5.41) is 2.58. The fraction of sp³-hybridized carbons (Fsp3) is 0.0909. The Morgan fingerprint density at radius 3 is 1.83 bits per heavy atom. The zero-order valence-electron chi connectivity index (χ0n) is 20.1. The van der Waals surface area contributed by atoms with Crippen LogP contribution < -0.4 is 4.90 Å². The number of nitrogens with zero attached hydrogens (tertiary/aromatic N) is 2. The van der Waals surface area contributed by atoms with Crippen molar-refractivity contribution in [1.82, 2.24) is 4.57 Å². The Bertz CT molecular complexity index is 1610. The molecule has 0 fully saturated rings. The molecule has 1 heterocycles. The quantitative estimate of drug-likeness (QED) is 0.253. The molecule has 6 rings (SSSR count). The highest BCUT2D eigenvalue weighted by atomic mass is 15.1. The van der Waals surface area contributed by atoms with Crippen LogP contribution in [0.3, 0.4) is 0 Å². The zero-order valence-corrected chi connectivity index (χ0v) is 20.1. The summed E-state index contributed by atoms with van der Waals surface area (Å²) in [6.07, 6.45) is 1.06. The SMILES string of the molecule is CCc1ccc(-c2ccc(N(c3ccccc3)c3ccc4c5ccccc5n(C)c4c3)cc2)cc1. The molecule has 0 saturated carbocycles. The maximum absolute atomic E-state index is 2.33. The maximum Gasteiger partial charge on any atom is 0.0509 e. The summed E-state index contributed by atoms with van der Waals surface area (Å²) in [7, 11) is 2.15. The number of rotatable bonds is 5. The molecule has 0 N–H and O–H groups in total. The van der Waals surface area contributed by atoms with Crippen LogP contribution in [-0.2, 0) is 13.5 Å². The molecule has 0 atom stereocenters. The van der Waals surface area contributed by atoms with Gasteiger partial charge in [-0.2, -0.15) is 0 Å². The fourth-order valence-electron chi connectivity index (χ4n) is 5.05. The number of hydrogen-bond acceptors (Lipinski definition) is 1. The molecule has 6 aromatic rings. The van der Waals surface area contributed by atoms with E-state index in [-0.39, 0.29) is 0 Å². The minimum atomic E-state index is 1.06. The highest BCUT2D eigenvalue weighted by Crippen LogP contribution is 2.38. The predicted octanol–water partition coefficient (Wildman–Crippen LogP) is 9.03. The van der Waals surface area contributed by atoms with E-state index in [2.05, 4.69) is 145 Å². The molecule has 0 spiro atoms. The molecule has 5 aromatic carbocycles. The van der Waals surface area contributed by atoms with Gasteiger partial charge in [0.2, 0.25) is 0 Å². The molecule has 2 nitrogen and oxygen atoms in total. The van der Waals surface area contributed by atoms with Crippen molar-refractivity contribution in [3.05, 3.63) is 127 Å². The first kappa shape index (κ1) is 21.2. The lowest BCUT2D eigenvalue weighted by atomic mass is 10.0. The molecule has 0 aliphatic heterocycles. The topological polar surface area (TPSA) is 8.17 Å². The molecular weight excluding hydrogens is 424 g/mol. The van der Waals surface area contributed by atoms with Crippen LogP contribution in [0.4, 0.5) is 17.1 Å². The third-order valence-electron chi connectivity index (χ3n) is 6.99. The Morgan fingerprint density at radius 1 is 0.543 bits per heavy atom. The number of aromatic nitrogens is 1. The van der Waals surface area contributed by atoms with E-state index in [9.17, 15) is 0 Å². The van der Waals surface area contributed by atoms with Crippen molar-refractivity contribution in [2.75, 3.05) is 4.90 Å². The number of aryl methyl sites for hydroxylation is 2. The van der Waals surface area contributed by atoms with Gasteiger partial charge < -0.3 is 9.47 Å². The van der Waals surface area contributed by atoms with Crippen molar-refractivity contribution in [3.8, 4) is 11.1 Å². The van der Waals surface area contributed by atoms with Crippen molar-refractivity contribution in [3.63, 3.8) is 0 Å². The minimum absolute atomic E-state index is 1.06. The van der Waals surface area contributed by atoms with E-state index in [1.165, 1.54) is 38.5 Å². The second kappa shape index (κ2) is 8.81. The molecule has 0 amide bonds. The number of benzene rings is 5. The van der Waals surface area contributed by atoms with Gasteiger partial charge in [0.05, 0.1) is 5.52 Å². The van der Waals surface area contributed by atoms with Gasteiger partial charge in [0.15, 0.2) is 0 Å². The van der Waals surface area contributed by atoms with E-state index in [4.69, 9.17) is 0 Å². The minimum Gasteiger partial charge on any atom is -0.344 e. The van der Waals surface area contributed by atoms with Gasteiger partial charge in [0.25, 0.3) is 0 Å². The van der Waals surface area contributed by atoms with Gasteiger partial charge in [0, 0.05) is 40.4 Å². The summed E-state index contributed by atoms with van der Waals surface area (Å²) in [4.78, 5) is 2.33. The fourth-order valence-corrected chi connectivity index (χ4v) is 5.05. The first-order valence-electron chi connectivity index (χ1n) is 12.2.